The summed E-state index contributed by atoms with van der Waals surface area (Å²) in [6.07, 6.45) is 4.81. The van der Waals surface area contributed by atoms with Crippen molar-refractivity contribution < 1.29 is 4.39 Å². The highest BCUT2D eigenvalue weighted by Crippen LogP contribution is 2.22. The SMILES string of the molecule is CCCN1CCCC(Nc2ccc(F)c(Br)c2)CC1. The summed E-state index contributed by atoms with van der Waals surface area (Å²) < 4.78 is 13.7. The number of likely N-dealkylation sites (tertiary alicyclic amines) is 1. The third-order valence-corrected chi connectivity index (χ3v) is 4.26. The lowest BCUT2D eigenvalue weighted by atomic mass is 10.1. The number of benzene rings is 1. The molecule has 0 bridgehead atoms. The summed E-state index contributed by atoms with van der Waals surface area (Å²) in [7, 11) is 0. The monoisotopic (exact) mass is 328 g/mol. The van der Waals surface area contributed by atoms with E-state index in [1.54, 1.807) is 0 Å². The molecule has 1 aliphatic rings. The van der Waals surface area contributed by atoms with E-state index in [4.69, 9.17) is 0 Å². The van der Waals surface area contributed by atoms with Gasteiger partial charge in [0.15, 0.2) is 0 Å². The van der Waals surface area contributed by atoms with Gasteiger partial charge in [0.25, 0.3) is 0 Å². The topological polar surface area (TPSA) is 15.3 Å². The molecular formula is C15H22BrFN2. The quantitative estimate of drug-likeness (QED) is 0.888. The first kappa shape index (κ1) is 14.8. The van der Waals surface area contributed by atoms with Crippen molar-refractivity contribution in [2.24, 2.45) is 0 Å². The van der Waals surface area contributed by atoms with E-state index in [0.29, 0.717) is 10.5 Å². The van der Waals surface area contributed by atoms with Gasteiger partial charge in [0.2, 0.25) is 0 Å². The van der Waals surface area contributed by atoms with Gasteiger partial charge in [0.1, 0.15) is 5.82 Å². The van der Waals surface area contributed by atoms with E-state index in [1.807, 2.05) is 12.1 Å². The van der Waals surface area contributed by atoms with Crippen LogP contribution in [0.4, 0.5) is 10.1 Å². The van der Waals surface area contributed by atoms with Crippen LogP contribution >= 0.6 is 15.9 Å². The fourth-order valence-corrected chi connectivity index (χ4v) is 3.04. The first-order valence-electron chi connectivity index (χ1n) is 7.13. The zero-order chi connectivity index (χ0) is 13.7. The van der Waals surface area contributed by atoms with Gasteiger partial charge in [-0.15, -0.1) is 0 Å². The van der Waals surface area contributed by atoms with Gasteiger partial charge in [-0.1, -0.05) is 6.92 Å². The molecule has 1 aromatic rings. The minimum Gasteiger partial charge on any atom is -0.382 e. The predicted octanol–water partition coefficient (Wildman–Crippen LogP) is 4.26. The molecule has 106 valence electrons. The van der Waals surface area contributed by atoms with Gasteiger partial charge in [0, 0.05) is 18.3 Å². The molecule has 1 unspecified atom stereocenters. The Balaban J connectivity index is 1.90. The van der Waals surface area contributed by atoms with E-state index < -0.39 is 0 Å². The summed E-state index contributed by atoms with van der Waals surface area (Å²) in [5, 5.41) is 3.53. The predicted molar refractivity (Wildman–Crippen MR) is 82.1 cm³/mol. The minimum absolute atomic E-state index is 0.208. The molecule has 1 saturated heterocycles. The second kappa shape index (κ2) is 7.25. The highest BCUT2D eigenvalue weighted by Gasteiger charge is 2.16. The second-order valence-electron chi connectivity index (χ2n) is 5.24. The Morgan fingerprint density at radius 1 is 1.37 bits per heavy atom. The first-order valence-corrected chi connectivity index (χ1v) is 7.92. The molecule has 1 aliphatic heterocycles. The Hall–Kier alpha value is -0.610. The molecule has 1 atom stereocenters. The van der Waals surface area contributed by atoms with Crippen molar-refractivity contribution in [1.29, 1.82) is 0 Å². The number of nitrogens with one attached hydrogen (secondary N) is 1. The van der Waals surface area contributed by atoms with E-state index >= 15 is 0 Å². The van der Waals surface area contributed by atoms with Crippen molar-refractivity contribution in [3.05, 3.63) is 28.5 Å². The molecule has 1 N–H and O–H groups in total. The Morgan fingerprint density at radius 3 is 2.95 bits per heavy atom. The zero-order valence-corrected chi connectivity index (χ0v) is 13.0. The van der Waals surface area contributed by atoms with Gasteiger partial charge < -0.3 is 10.2 Å². The molecule has 19 heavy (non-hydrogen) atoms. The number of hydrogen-bond acceptors (Lipinski definition) is 2. The van der Waals surface area contributed by atoms with Crippen LogP contribution in [0.3, 0.4) is 0 Å². The first-order chi connectivity index (χ1) is 9.19. The van der Waals surface area contributed by atoms with E-state index in [2.05, 4.69) is 33.1 Å². The molecule has 2 rings (SSSR count). The number of hydrogen-bond donors (Lipinski definition) is 1. The lowest BCUT2D eigenvalue weighted by Crippen LogP contribution is -2.27. The molecule has 0 spiro atoms. The van der Waals surface area contributed by atoms with Gasteiger partial charge in [-0.2, -0.15) is 0 Å². The van der Waals surface area contributed by atoms with Gasteiger partial charge in [-0.3, -0.25) is 0 Å². The fraction of sp³-hybridized carbons (Fsp3) is 0.600. The average Bonchev–Trinajstić information content (AvgIpc) is 2.60. The van der Waals surface area contributed by atoms with Crippen molar-refractivity contribution in [2.75, 3.05) is 25.0 Å². The number of rotatable bonds is 4. The molecule has 0 radical (unpaired) electrons. The van der Waals surface area contributed by atoms with Gasteiger partial charge >= 0.3 is 0 Å². The smallest absolute Gasteiger partial charge is 0.137 e. The summed E-state index contributed by atoms with van der Waals surface area (Å²) >= 11 is 3.23. The van der Waals surface area contributed by atoms with Crippen molar-refractivity contribution in [2.45, 2.75) is 38.6 Å². The van der Waals surface area contributed by atoms with Crippen LogP contribution in [0.15, 0.2) is 22.7 Å². The average molecular weight is 329 g/mol. The maximum absolute atomic E-state index is 13.2. The van der Waals surface area contributed by atoms with Crippen LogP contribution in [0.5, 0.6) is 0 Å². The lowest BCUT2D eigenvalue weighted by Gasteiger charge is -2.20. The summed E-state index contributed by atoms with van der Waals surface area (Å²) in [6, 6.07) is 5.64. The van der Waals surface area contributed by atoms with E-state index in [9.17, 15) is 4.39 Å². The number of anilines is 1. The van der Waals surface area contributed by atoms with Crippen molar-refractivity contribution in [1.82, 2.24) is 4.90 Å². The minimum atomic E-state index is -0.208. The maximum atomic E-state index is 13.2. The highest BCUT2D eigenvalue weighted by atomic mass is 79.9. The third kappa shape index (κ3) is 4.46. The zero-order valence-electron chi connectivity index (χ0n) is 11.5. The second-order valence-corrected chi connectivity index (χ2v) is 6.10. The Bertz CT molecular complexity index is 411. The summed E-state index contributed by atoms with van der Waals surface area (Å²) in [5.74, 6) is -0.208. The van der Waals surface area contributed by atoms with Crippen LogP contribution in [0.2, 0.25) is 0 Å². The van der Waals surface area contributed by atoms with Crippen LogP contribution in [0.1, 0.15) is 32.6 Å². The van der Waals surface area contributed by atoms with Gasteiger partial charge in [-0.05, 0) is 72.9 Å². The number of halogens is 2. The summed E-state index contributed by atoms with van der Waals surface area (Å²) in [5.41, 5.74) is 1.00. The molecule has 0 aliphatic carbocycles. The van der Waals surface area contributed by atoms with E-state index in [-0.39, 0.29) is 5.82 Å². The van der Waals surface area contributed by atoms with Crippen molar-refractivity contribution >= 4 is 21.6 Å². The Labute approximate surface area is 123 Å². The summed E-state index contributed by atoms with van der Waals surface area (Å²) in [6.45, 7) is 5.80. The standard InChI is InChI=1S/C15H22BrFN2/c1-2-8-19-9-3-4-12(7-10-19)18-13-5-6-15(17)14(16)11-13/h5-6,11-12,18H,2-4,7-10H2,1H3. The molecule has 0 saturated carbocycles. The van der Waals surface area contributed by atoms with Crippen molar-refractivity contribution in [3.63, 3.8) is 0 Å². The Kier molecular flexibility index (Phi) is 5.64. The van der Waals surface area contributed by atoms with Crippen LogP contribution in [-0.4, -0.2) is 30.6 Å². The molecule has 4 heteroatoms. The van der Waals surface area contributed by atoms with Crippen LogP contribution in [-0.2, 0) is 0 Å². The Morgan fingerprint density at radius 2 is 2.21 bits per heavy atom. The molecule has 1 aromatic carbocycles. The highest BCUT2D eigenvalue weighted by molar-refractivity contribution is 9.10. The summed E-state index contributed by atoms with van der Waals surface area (Å²) in [4.78, 5) is 2.54. The largest absolute Gasteiger partial charge is 0.382 e. The molecule has 2 nitrogen and oxygen atoms in total. The third-order valence-electron chi connectivity index (χ3n) is 3.65. The number of nitrogens with zero attached hydrogens (tertiary/aromatic N) is 1. The van der Waals surface area contributed by atoms with Gasteiger partial charge in [0.05, 0.1) is 4.47 Å². The van der Waals surface area contributed by atoms with Crippen LogP contribution < -0.4 is 5.32 Å². The van der Waals surface area contributed by atoms with E-state index in [0.717, 1.165) is 18.7 Å². The molecule has 1 fully saturated rings. The fourth-order valence-electron chi connectivity index (χ4n) is 2.66. The van der Waals surface area contributed by atoms with Crippen LogP contribution in [0.25, 0.3) is 0 Å². The van der Waals surface area contributed by atoms with E-state index in [1.165, 1.54) is 38.4 Å². The molecule has 0 amide bonds. The lowest BCUT2D eigenvalue weighted by molar-refractivity contribution is 0.285. The van der Waals surface area contributed by atoms with Crippen LogP contribution in [0, 0.1) is 5.82 Å². The normalized spacial score (nSPS) is 21.1. The maximum Gasteiger partial charge on any atom is 0.137 e. The molecule has 0 aromatic heterocycles. The van der Waals surface area contributed by atoms with Gasteiger partial charge in [-0.25, -0.2) is 4.39 Å². The van der Waals surface area contributed by atoms with Crippen molar-refractivity contribution in [3.8, 4) is 0 Å². The molecular weight excluding hydrogens is 307 g/mol. The molecule has 1 heterocycles.